The second kappa shape index (κ2) is 10.8. The zero-order chi connectivity index (χ0) is 29.8. The molecule has 0 aromatic heterocycles. The summed E-state index contributed by atoms with van der Waals surface area (Å²) >= 11 is 1.98. The molecule has 9 heteroatoms. The van der Waals surface area contributed by atoms with Crippen molar-refractivity contribution in [2.45, 2.75) is 30.4 Å². The predicted octanol–water partition coefficient (Wildman–Crippen LogP) is 6.86. The third kappa shape index (κ3) is 5.05. The van der Waals surface area contributed by atoms with E-state index in [1.54, 1.807) is 0 Å². The second-order valence-electron chi connectivity index (χ2n) is 11.9. The van der Waals surface area contributed by atoms with Crippen molar-refractivity contribution in [3.8, 4) is 46.0 Å². The van der Waals surface area contributed by atoms with Crippen molar-refractivity contribution >= 4 is 11.8 Å². The topological polar surface area (TPSA) is 73.8 Å². The summed E-state index contributed by atoms with van der Waals surface area (Å²) in [5.74, 6) is 6.60. The van der Waals surface area contributed by atoms with Crippen LogP contribution in [-0.2, 0) is 25.7 Å². The van der Waals surface area contributed by atoms with Crippen LogP contribution in [0.25, 0.3) is 0 Å². The Morgan fingerprint density at radius 3 is 1.40 bits per heavy atom. The summed E-state index contributed by atoms with van der Waals surface area (Å²) in [5, 5.41) is 0. The number of allylic oxidation sites excluding steroid dienone is 2. The van der Waals surface area contributed by atoms with Gasteiger partial charge in [-0.2, -0.15) is 0 Å². The van der Waals surface area contributed by atoms with Gasteiger partial charge < -0.3 is 37.9 Å². The third-order valence-electron chi connectivity index (χ3n) is 8.99. The quantitative estimate of drug-likeness (QED) is 0.210. The molecule has 4 aromatic rings. The fourth-order valence-electron chi connectivity index (χ4n) is 6.85. The molecule has 0 spiro atoms. The summed E-state index contributed by atoms with van der Waals surface area (Å²) in [6.45, 7) is 1.03. The fraction of sp³-hybridized carbons (Fsp3) is 0.278. The minimum atomic E-state index is -0.205. The van der Waals surface area contributed by atoms with Crippen molar-refractivity contribution in [2.24, 2.45) is 5.92 Å². The minimum Gasteiger partial charge on any atom is -0.454 e. The molecule has 0 saturated heterocycles. The summed E-state index contributed by atoms with van der Waals surface area (Å²) in [6.07, 6.45) is 5.81. The maximum atomic E-state index is 5.79. The molecule has 4 aromatic carbocycles. The van der Waals surface area contributed by atoms with Crippen LogP contribution in [-0.4, -0.2) is 31.9 Å². The van der Waals surface area contributed by atoms with Crippen LogP contribution in [0.5, 0.6) is 46.0 Å². The molecule has 0 N–H and O–H groups in total. The van der Waals surface area contributed by atoms with E-state index in [2.05, 4.69) is 54.6 Å². The lowest BCUT2D eigenvalue weighted by Gasteiger charge is -2.36. The summed E-state index contributed by atoms with van der Waals surface area (Å²) in [4.78, 5) is 1.33. The number of rotatable bonds is 8. The standard InChI is InChI=1S/C36H30O8S/c1-5-28-32(41-18-37-28)11-22(1)9-26-15-27(10-23-2-6-29-33(12-23)42-19-38-29)45-36(26,16-24-3-7-30-34(13-24)43-20-39-30)17-25-4-8-31-35(14-25)44-21-40-31/h1-8,11-15,26H,9-10,16-21H2. The maximum absolute atomic E-state index is 5.79. The molecule has 0 amide bonds. The number of ether oxygens (including phenoxy) is 8. The number of thioether (sulfide) groups is 1. The number of benzene rings is 4. The largest absolute Gasteiger partial charge is 0.454 e. The SMILES string of the molecule is C1=C(Cc2ccc3c(c2)OCO3)SC(Cc2ccc3c(c2)OCO3)(Cc2ccc3c(c2)OCO3)C1Cc1ccc2c(c1)OCO2. The van der Waals surface area contributed by atoms with Gasteiger partial charge in [0.15, 0.2) is 46.0 Å². The Morgan fingerprint density at radius 1 is 0.489 bits per heavy atom. The zero-order valence-corrected chi connectivity index (χ0v) is 25.2. The van der Waals surface area contributed by atoms with Gasteiger partial charge in [0.05, 0.1) is 0 Å². The van der Waals surface area contributed by atoms with Crippen LogP contribution in [0, 0.1) is 5.92 Å². The van der Waals surface area contributed by atoms with E-state index in [1.807, 2.05) is 36.0 Å². The second-order valence-corrected chi connectivity index (χ2v) is 13.4. The van der Waals surface area contributed by atoms with Crippen LogP contribution in [0.15, 0.2) is 83.8 Å². The van der Waals surface area contributed by atoms with Gasteiger partial charge in [-0.05, 0) is 101 Å². The Labute approximate surface area is 264 Å². The van der Waals surface area contributed by atoms with E-state index in [0.717, 1.165) is 71.7 Å². The van der Waals surface area contributed by atoms with E-state index in [4.69, 9.17) is 37.9 Å². The van der Waals surface area contributed by atoms with Crippen LogP contribution < -0.4 is 37.9 Å². The first kappa shape index (κ1) is 26.7. The molecule has 228 valence electrons. The molecular formula is C36H30O8S. The van der Waals surface area contributed by atoms with Crippen LogP contribution in [0.3, 0.4) is 0 Å². The molecule has 5 heterocycles. The Balaban J connectivity index is 1.10. The molecule has 0 saturated carbocycles. The van der Waals surface area contributed by atoms with Crippen molar-refractivity contribution in [2.75, 3.05) is 27.2 Å². The summed E-state index contributed by atoms with van der Waals surface area (Å²) < 4.78 is 45.3. The van der Waals surface area contributed by atoms with Gasteiger partial charge in [0.25, 0.3) is 0 Å². The van der Waals surface area contributed by atoms with Crippen LogP contribution in [0.1, 0.15) is 22.3 Å². The molecular weight excluding hydrogens is 592 g/mol. The van der Waals surface area contributed by atoms with Crippen molar-refractivity contribution in [1.29, 1.82) is 0 Å². The molecule has 0 bridgehead atoms. The molecule has 5 aliphatic rings. The van der Waals surface area contributed by atoms with Gasteiger partial charge in [-0.1, -0.05) is 30.3 Å². The molecule has 5 aliphatic heterocycles. The molecule has 8 nitrogen and oxygen atoms in total. The lowest BCUT2D eigenvalue weighted by atomic mass is 9.78. The Bertz CT molecular complexity index is 1770. The molecule has 0 radical (unpaired) electrons. The van der Waals surface area contributed by atoms with Crippen molar-refractivity contribution in [3.63, 3.8) is 0 Å². The lowest BCUT2D eigenvalue weighted by molar-refractivity contribution is 0.173. The highest BCUT2D eigenvalue weighted by Gasteiger charge is 2.44. The highest BCUT2D eigenvalue weighted by molar-refractivity contribution is 8.04. The average molecular weight is 623 g/mol. The Kier molecular flexibility index (Phi) is 6.40. The van der Waals surface area contributed by atoms with Gasteiger partial charge in [0.2, 0.25) is 27.2 Å². The summed E-state index contributed by atoms with van der Waals surface area (Å²) in [7, 11) is 0. The van der Waals surface area contributed by atoms with Gasteiger partial charge in [0.1, 0.15) is 0 Å². The van der Waals surface area contributed by atoms with Crippen LogP contribution >= 0.6 is 11.8 Å². The zero-order valence-electron chi connectivity index (χ0n) is 24.4. The van der Waals surface area contributed by atoms with Crippen LogP contribution in [0.2, 0.25) is 0 Å². The Morgan fingerprint density at radius 2 is 0.889 bits per heavy atom. The van der Waals surface area contributed by atoms with Gasteiger partial charge >= 0.3 is 0 Å². The summed E-state index contributed by atoms with van der Waals surface area (Å²) in [6, 6.07) is 25.2. The van der Waals surface area contributed by atoms with Gasteiger partial charge in [0, 0.05) is 11.2 Å². The van der Waals surface area contributed by atoms with Crippen molar-refractivity contribution in [1.82, 2.24) is 0 Å². The van der Waals surface area contributed by atoms with E-state index in [0.29, 0.717) is 0 Å². The van der Waals surface area contributed by atoms with Crippen LogP contribution in [0.4, 0.5) is 0 Å². The monoisotopic (exact) mass is 622 g/mol. The summed E-state index contributed by atoms with van der Waals surface area (Å²) in [5.41, 5.74) is 4.83. The fourth-order valence-corrected chi connectivity index (χ4v) is 8.62. The van der Waals surface area contributed by atoms with Crippen molar-refractivity contribution < 1.29 is 37.9 Å². The highest BCUT2D eigenvalue weighted by atomic mass is 32.2. The first-order chi connectivity index (χ1) is 22.2. The van der Waals surface area contributed by atoms with E-state index in [9.17, 15) is 0 Å². The van der Waals surface area contributed by atoms with E-state index in [-0.39, 0.29) is 37.8 Å². The molecule has 1 atom stereocenters. The minimum absolute atomic E-state index is 0.205. The van der Waals surface area contributed by atoms with Gasteiger partial charge in [-0.15, -0.1) is 11.8 Å². The van der Waals surface area contributed by atoms with E-state index in [1.165, 1.54) is 27.2 Å². The number of fused-ring (bicyclic) bond motifs is 4. The van der Waals surface area contributed by atoms with Crippen molar-refractivity contribution in [3.05, 3.63) is 106 Å². The Hall–Kier alpha value is -4.63. The van der Waals surface area contributed by atoms with E-state index >= 15 is 0 Å². The number of hydrogen-bond donors (Lipinski definition) is 0. The van der Waals surface area contributed by atoms with Gasteiger partial charge in [-0.3, -0.25) is 0 Å². The smallest absolute Gasteiger partial charge is 0.231 e. The first-order valence-corrected chi connectivity index (χ1v) is 15.9. The highest BCUT2D eigenvalue weighted by Crippen LogP contribution is 2.53. The van der Waals surface area contributed by atoms with Gasteiger partial charge in [-0.25, -0.2) is 0 Å². The lowest BCUT2D eigenvalue weighted by Crippen LogP contribution is -2.37. The third-order valence-corrected chi connectivity index (χ3v) is 10.5. The molecule has 1 unspecified atom stereocenters. The molecule has 0 fully saturated rings. The molecule has 45 heavy (non-hydrogen) atoms. The molecule has 9 rings (SSSR count). The predicted molar refractivity (Wildman–Crippen MR) is 167 cm³/mol. The maximum Gasteiger partial charge on any atom is 0.231 e. The molecule has 0 aliphatic carbocycles. The van der Waals surface area contributed by atoms with E-state index < -0.39 is 0 Å². The normalized spacial score (nSPS) is 19.2. The average Bonchev–Trinajstić information content (AvgIpc) is 3.88. The number of hydrogen-bond acceptors (Lipinski definition) is 9. The first-order valence-electron chi connectivity index (χ1n) is 15.1.